The first kappa shape index (κ1) is 12.9. The monoisotopic (exact) mass is 207 g/mol. The van der Waals surface area contributed by atoms with Gasteiger partial charge in [-0.2, -0.15) is 5.10 Å². The van der Waals surface area contributed by atoms with E-state index in [2.05, 4.69) is 10.1 Å². The number of hydrogen-bond donors (Lipinski definition) is 0. The third kappa shape index (κ3) is 2.68. The summed E-state index contributed by atoms with van der Waals surface area (Å²) in [6.45, 7) is 6.51. The maximum atomic E-state index is 5.80. The SMILES string of the molecule is [B]c1nn(C(C=C(C)C)=NCC)c([B])c1[B]. The number of hydrogen-bond acceptors (Lipinski definition) is 2. The molecule has 1 aromatic rings. The number of nitrogens with zero attached hydrogens (tertiary/aromatic N) is 3. The van der Waals surface area contributed by atoms with Crippen molar-refractivity contribution in [1.82, 2.24) is 9.78 Å². The second kappa shape index (κ2) is 5.24. The molecule has 16 heavy (non-hydrogen) atoms. The standard InChI is InChI=1S/C10H12B3N3/c1-4-14-7(5-6(2)3)16-10(13)8(11)9(12)15-16/h5H,4H2,1-3H3. The van der Waals surface area contributed by atoms with Crippen molar-refractivity contribution >= 4 is 46.0 Å². The van der Waals surface area contributed by atoms with E-state index in [4.69, 9.17) is 23.5 Å². The average Bonchev–Trinajstić information content (AvgIpc) is 2.45. The van der Waals surface area contributed by atoms with Crippen LogP contribution in [0.5, 0.6) is 0 Å². The van der Waals surface area contributed by atoms with Crippen LogP contribution in [0.25, 0.3) is 0 Å². The molecule has 0 saturated heterocycles. The van der Waals surface area contributed by atoms with Gasteiger partial charge < -0.3 is 0 Å². The highest BCUT2D eigenvalue weighted by molar-refractivity contribution is 6.56. The van der Waals surface area contributed by atoms with Crippen LogP contribution in [0.15, 0.2) is 16.6 Å². The van der Waals surface area contributed by atoms with Crippen molar-refractivity contribution in [3.63, 3.8) is 0 Å². The first-order chi connectivity index (χ1) is 7.47. The van der Waals surface area contributed by atoms with E-state index in [1.165, 1.54) is 4.68 Å². The van der Waals surface area contributed by atoms with Crippen LogP contribution in [0, 0.1) is 0 Å². The molecule has 1 rings (SSSR count). The minimum absolute atomic E-state index is 0.225. The minimum Gasteiger partial charge on any atom is -0.267 e. The van der Waals surface area contributed by atoms with Gasteiger partial charge >= 0.3 is 0 Å². The molecule has 3 nitrogen and oxygen atoms in total. The lowest BCUT2D eigenvalue weighted by atomic mass is 9.80. The van der Waals surface area contributed by atoms with Crippen molar-refractivity contribution < 1.29 is 0 Å². The van der Waals surface area contributed by atoms with Crippen LogP contribution >= 0.6 is 0 Å². The summed E-state index contributed by atoms with van der Waals surface area (Å²) in [5, 5.41) is 4.05. The Kier molecular flexibility index (Phi) is 4.22. The van der Waals surface area contributed by atoms with Crippen LogP contribution in [0.1, 0.15) is 20.8 Å². The molecule has 0 fully saturated rings. The van der Waals surface area contributed by atoms with Gasteiger partial charge in [-0.15, -0.1) is 0 Å². The van der Waals surface area contributed by atoms with Gasteiger partial charge in [0.1, 0.15) is 29.4 Å². The fraction of sp³-hybridized carbons (Fsp3) is 0.400. The normalized spacial score (nSPS) is 11.6. The highest BCUT2D eigenvalue weighted by Gasteiger charge is 2.08. The predicted octanol–water partition coefficient (Wildman–Crippen LogP) is -1.50. The molecule has 0 spiro atoms. The Morgan fingerprint density at radius 1 is 1.38 bits per heavy atom. The quantitative estimate of drug-likeness (QED) is 0.329. The van der Waals surface area contributed by atoms with E-state index in [1.807, 2.05) is 26.8 Å². The smallest absolute Gasteiger partial charge is 0.147 e. The number of rotatable bonds is 2. The summed E-state index contributed by atoms with van der Waals surface area (Å²) in [6.07, 6.45) is 1.88. The number of aliphatic imine (C=N–C) groups is 1. The summed E-state index contributed by atoms with van der Waals surface area (Å²) >= 11 is 0. The third-order valence-electron chi connectivity index (χ3n) is 1.94. The van der Waals surface area contributed by atoms with Crippen molar-refractivity contribution in [2.45, 2.75) is 20.8 Å². The fourth-order valence-electron chi connectivity index (χ4n) is 1.23. The minimum atomic E-state index is 0.225. The van der Waals surface area contributed by atoms with Gasteiger partial charge in [0.25, 0.3) is 0 Å². The molecule has 0 atom stereocenters. The van der Waals surface area contributed by atoms with E-state index < -0.39 is 0 Å². The molecule has 0 saturated carbocycles. The van der Waals surface area contributed by atoms with Crippen molar-refractivity contribution in [3.8, 4) is 0 Å². The van der Waals surface area contributed by atoms with Crippen molar-refractivity contribution in [2.24, 2.45) is 4.99 Å². The van der Waals surface area contributed by atoms with Crippen LogP contribution in [-0.4, -0.2) is 45.7 Å². The zero-order chi connectivity index (χ0) is 12.3. The van der Waals surface area contributed by atoms with Gasteiger partial charge in [0.05, 0.1) is 0 Å². The van der Waals surface area contributed by atoms with Crippen molar-refractivity contribution in [1.29, 1.82) is 0 Å². The molecule has 0 aliphatic rings. The summed E-state index contributed by atoms with van der Waals surface area (Å²) in [6, 6.07) is 0. The lowest BCUT2D eigenvalue weighted by Gasteiger charge is -2.06. The topological polar surface area (TPSA) is 30.2 Å². The number of aromatic nitrogens is 2. The molecule has 0 aliphatic carbocycles. The van der Waals surface area contributed by atoms with E-state index in [0.29, 0.717) is 23.4 Å². The fourth-order valence-corrected chi connectivity index (χ4v) is 1.23. The molecule has 0 bridgehead atoms. The van der Waals surface area contributed by atoms with Crippen molar-refractivity contribution in [2.75, 3.05) is 6.54 Å². The van der Waals surface area contributed by atoms with Gasteiger partial charge in [-0.3, -0.25) is 4.99 Å². The highest BCUT2D eigenvalue weighted by atomic mass is 15.3. The molecule has 6 heteroatoms. The molecular weight excluding hydrogens is 195 g/mol. The summed E-state index contributed by atoms with van der Waals surface area (Å²) in [7, 11) is 17.0. The molecule has 1 aromatic heterocycles. The van der Waals surface area contributed by atoms with E-state index in [9.17, 15) is 0 Å². The third-order valence-corrected chi connectivity index (χ3v) is 1.94. The van der Waals surface area contributed by atoms with Gasteiger partial charge in [-0.1, -0.05) is 11.0 Å². The van der Waals surface area contributed by atoms with E-state index in [1.54, 1.807) is 0 Å². The average molecular weight is 207 g/mol. The van der Waals surface area contributed by atoms with Crippen molar-refractivity contribution in [3.05, 3.63) is 11.6 Å². The second-order valence-corrected chi connectivity index (χ2v) is 3.65. The first-order valence-corrected chi connectivity index (χ1v) is 5.06. The predicted molar refractivity (Wildman–Crippen MR) is 71.2 cm³/mol. The molecule has 0 unspecified atom stereocenters. The summed E-state index contributed by atoms with van der Waals surface area (Å²) in [4.78, 5) is 4.30. The first-order valence-electron chi connectivity index (χ1n) is 5.06. The lowest BCUT2D eigenvalue weighted by molar-refractivity contribution is 0.954. The maximum absolute atomic E-state index is 5.80. The molecule has 0 amide bonds. The summed E-state index contributed by atoms with van der Waals surface area (Å²) in [5.74, 6) is 0.642. The Balaban J connectivity index is 3.28. The summed E-state index contributed by atoms with van der Waals surface area (Å²) in [5.41, 5.74) is 1.94. The second-order valence-electron chi connectivity index (χ2n) is 3.65. The van der Waals surface area contributed by atoms with Gasteiger partial charge in [0, 0.05) is 12.1 Å². The van der Waals surface area contributed by atoms with E-state index in [-0.39, 0.29) is 5.59 Å². The highest BCUT2D eigenvalue weighted by Crippen LogP contribution is 1.93. The van der Waals surface area contributed by atoms with Crippen LogP contribution in [0.4, 0.5) is 0 Å². The Labute approximate surface area is 100 Å². The van der Waals surface area contributed by atoms with Crippen LogP contribution in [0.2, 0.25) is 0 Å². The molecule has 6 radical (unpaired) electrons. The molecule has 0 N–H and O–H groups in total. The largest absolute Gasteiger partial charge is 0.267 e. The van der Waals surface area contributed by atoms with Crippen LogP contribution < -0.4 is 16.6 Å². The van der Waals surface area contributed by atoms with Crippen LogP contribution in [-0.2, 0) is 0 Å². The molecule has 0 aromatic carbocycles. The van der Waals surface area contributed by atoms with E-state index >= 15 is 0 Å². The van der Waals surface area contributed by atoms with E-state index in [0.717, 1.165) is 5.57 Å². The number of allylic oxidation sites excluding steroid dienone is 2. The zero-order valence-corrected chi connectivity index (χ0v) is 9.86. The Morgan fingerprint density at radius 2 is 2.00 bits per heavy atom. The van der Waals surface area contributed by atoms with Gasteiger partial charge in [0.15, 0.2) is 0 Å². The lowest BCUT2D eigenvalue weighted by Crippen LogP contribution is -2.37. The molecule has 0 aliphatic heterocycles. The Morgan fingerprint density at radius 3 is 2.38 bits per heavy atom. The zero-order valence-electron chi connectivity index (χ0n) is 9.86. The summed E-state index contributed by atoms with van der Waals surface area (Å²) < 4.78 is 1.46. The van der Waals surface area contributed by atoms with Gasteiger partial charge in [-0.25, -0.2) is 4.68 Å². The molecule has 76 valence electrons. The molecule has 1 heterocycles. The van der Waals surface area contributed by atoms with Crippen LogP contribution in [0.3, 0.4) is 0 Å². The Hall–Kier alpha value is -1.19. The maximum Gasteiger partial charge on any atom is 0.147 e. The molecular formula is C10H12B3N3. The van der Waals surface area contributed by atoms with Gasteiger partial charge in [0.2, 0.25) is 0 Å². The Bertz CT molecular complexity index is 442. The van der Waals surface area contributed by atoms with Gasteiger partial charge in [-0.05, 0) is 32.4 Å².